The molecule has 2 aromatic heterocycles. The van der Waals surface area contributed by atoms with Gasteiger partial charge in [-0.1, -0.05) is 35.9 Å². The van der Waals surface area contributed by atoms with Crippen LogP contribution in [-0.4, -0.2) is 21.2 Å². The van der Waals surface area contributed by atoms with Crippen LogP contribution >= 0.6 is 23.8 Å². The summed E-state index contributed by atoms with van der Waals surface area (Å²) in [5, 5.41) is 13.8. The molecule has 204 valence electrons. The largest absolute Gasteiger partial charge is 0.478 e. The van der Waals surface area contributed by atoms with Crippen molar-refractivity contribution in [3.8, 4) is 22.8 Å². The van der Waals surface area contributed by atoms with Gasteiger partial charge in [0.05, 0.1) is 22.3 Å². The van der Waals surface area contributed by atoms with E-state index in [1.54, 1.807) is 18.3 Å². The lowest BCUT2D eigenvalue weighted by atomic mass is 10.0. The van der Waals surface area contributed by atoms with Crippen LogP contribution in [0.3, 0.4) is 0 Å². The second kappa shape index (κ2) is 11.1. The quantitative estimate of drug-likeness (QED) is 0.187. The lowest BCUT2D eigenvalue weighted by Gasteiger charge is -2.26. The van der Waals surface area contributed by atoms with E-state index in [4.69, 9.17) is 33.0 Å². The molecule has 0 amide bonds. The highest BCUT2D eigenvalue weighted by molar-refractivity contribution is 7.80. The molecule has 1 fully saturated rings. The molecule has 9 heteroatoms. The topological polar surface area (TPSA) is 87.8 Å². The van der Waals surface area contributed by atoms with E-state index in [1.165, 1.54) is 12.1 Å². The van der Waals surface area contributed by atoms with E-state index in [-0.39, 0.29) is 11.6 Å². The number of carboxylic acids is 1. The molecule has 2 N–H and O–H groups in total. The van der Waals surface area contributed by atoms with Crippen LogP contribution in [0.4, 0.5) is 5.69 Å². The highest BCUT2D eigenvalue weighted by Crippen LogP contribution is 2.44. The number of aromatic nitrogens is 1. The summed E-state index contributed by atoms with van der Waals surface area (Å²) in [6.45, 7) is 2.00. The number of aromatic carboxylic acids is 1. The third-order valence-corrected chi connectivity index (χ3v) is 7.58. The molecule has 6 rings (SSSR count). The second-order valence-electron chi connectivity index (χ2n) is 9.56. The van der Waals surface area contributed by atoms with Gasteiger partial charge in [0.1, 0.15) is 29.1 Å². The molecule has 41 heavy (non-hydrogen) atoms. The van der Waals surface area contributed by atoms with E-state index in [0.29, 0.717) is 33.0 Å². The van der Waals surface area contributed by atoms with Gasteiger partial charge in [-0.25, -0.2) is 4.79 Å². The summed E-state index contributed by atoms with van der Waals surface area (Å²) < 4.78 is 12.5. The Morgan fingerprint density at radius 1 is 1.02 bits per heavy atom. The number of aryl methyl sites for hydroxylation is 1. The number of hydrogen-bond donors (Lipinski definition) is 2. The number of nitrogens with one attached hydrogen (secondary N) is 1. The van der Waals surface area contributed by atoms with E-state index in [1.807, 2.05) is 84.6 Å². The normalized spacial score (nSPS) is 16.4. The summed E-state index contributed by atoms with van der Waals surface area (Å²) >= 11 is 12.3. The molecular formula is C32H24ClN3O4S. The molecule has 7 nitrogen and oxygen atoms in total. The van der Waals surface area contributed by atoms with Crippen LogP contribution in [0.5, 0.6) is 11.5 Å². The molecule has 0 saturated carbocycles. The lowest BCUT2D eigenvalue weighted by Crippen LogP contribution is -2.29. The Balaban J connectivity index is 1.37. The monoisotopic (exact) mass is 581 g/mol. The van der Waals surface area contributed by atoms with Gasteiger partial charge in [-0.05, 0) is 97.5 Å². The summed E-state index contributed by atoms with van der Waals surface area (Å²) in [5.74, 6) is 1.51. The number of carboxylic acid groups (broad SMARTS) is 1. The fraction of sp³-hybridized carbons (Fsp3) is 0.0938. The summed E-state index contributed by atoms with van der Waals surface area (Å²) in [5.41, 5.74) is 3.29. The van der Waals surface area contributed by atoms with Crippen molar-refractivity contribution >= 4 is 40.6 Å². The highest BCUT2D eigenvalue weighted by atomic mass is 35.5. The first-order chi connectivity index (χ1) is 19.9. The molecule has 0 spiro atoms. The average Bonchev–Trinajstić information content (AvgIpc) is 3.60. The van der Waals surface area contributed by atoms with Crippen molar-refractivity contribution in [1.29, 1.82) is 0 Å². The zero-order chi connectivity index (χ0) is 28.5. The fourth-order valence-corrected chi connectivity index (χ4v) is 5.45. The van der Waals surface area contributed by atoms with Crippen LogP contribution in [0, 0.1) is 6.92 Å². The number of thiocarbonyl (C=S) groups is 1. The van der Waals surface area contributed by atoms with E-state index >= 15 is 0 Å². The standard InChI is InChI=1S/C32H24ClN3O4S/c1-19-6-2-3-8-26(19)39-22-12-10-21(11-13-22)36-30(29(35-32(36)41)25-7-4-5-17-34-25)28-16-15-27(40-28)23-18-20(31(37)38)9-14-24(23)33/h2-18,29-30H,1H3,(H,35,41)(H,37,38)/t29-,30-/m0/s1. The van der Waals surface area contributed by atoms with Crippen LogP contribution in [0.15, 0.2) is 108 Å². The molecule has 2 atom stereocenters. The minimum atomic E-state index is -1.05. The number of hydrogen-bond acceptors (Lipinski definition) is 5. The summed E-state index contributed by atoms with van der Waals surface area (Å²) in [7, 11) is 0. The number of nitrogens with zero attached hydrogens (tertiary/aromatic N) is 2. The highest BCUT2D eigenvalue weighted by Gasteiger charge is 2.42. The van der Waals surface area contributed by atoms with Crippen LogP contribution in [-0.2, 0) is 0 Å². The van der Waals surface area contributed by atoms with Gasteiger partial charge in [0.25, 0.3) is 0 Å². The van der Waals surface area contributed by atoms with Crippen LogP contribution in [0.1, 0.15) is 39.5 Å². The Labute approximate surface area is 247 Å². The number of pyridine rings is 1. The molecule has 1 aliphatic rings. The van der Waals surface area contributed by atoms with Crippen LogP contribution in [0.2, 0.25) is 5.02 Å². The van der Waals surface area contributed by atoms with Crippen LogP contribution < -0.4 is 15.0 Å². The molecule has 0 unspecified atom stereocenters. The number of anilines is 1. The molecule has 3 aromatic carbocycles. The Morgan fingerprint density at radius 3 is 2.54 bits per heavy atom. The molecule has 0 radical (unpaired) electrons. The third kappa shape index (κ3) is 5.27. The van der Waals surface area contributed by atoms with Gasteiger partial charge in [0.15, 0.2) is 5.11 Å². The molecule has 5 aromatic rings. The number of carbonyl (C=O) groups is 1. The van der Waals surface area contributed by atoms with Crippen molar-refractivity contribution in [3.63, 3.8) is 0 Å². The number of ether oxygens (including phenoxy) is 1. The van der Waals surface area contributed by atoms with E-state index < -0.39 is 12.0 Å². The van der Waals surface area contributed by atoms with Crippen molar-refractivity contribution in [2.75, 3.05) is 4.90 Å². The maximum atomic E-state index is 11.6. The van der Waals surface area contributed by atoms with E-state index in [2.05, 4.69) is 10.3 Å². The van der Waals surface area contributed by atoms with Gasteiger partial charge < -0.3 is 24.5 Å². The van der Waals surface area contributed by atoms with Crippen molar-refractivity contribution in [1.82, 2.24) is 10.3 Å². The second-order valence-corrected chi connectivity index (χ2v) is 10.4. The molecule has 0 aliphatic carbocycles. The smallest absolute Gasteiger partial charge is 0.335 e. The van der Waals surface area contributed by atoms with Gasteiger partial charge in [0.2, 0.25) is 0 Å². The van der Waals surface area contributed by atoms with Gasteiger partial charge >= 0.3 is 5.97 Å². The van der Waals surface area contributed by atoms with Crippen molar-refractivity contribution in [2.45, 2.75) is 19.0 Å². The maximum absolute atomic E-state index is 11.6. The number of halogens is 1. The van der Waals surface area contributed by atoms with Gasteiger partial charge in [-0.2, -0.15) is 0 Å². The van der Waals surface area contributed by atoms with E-state index in [0.717, 1.165) is 22.7 Å². The third-order valence-electron chi connectivity index (χ3n) is 6.93. The van der Waals surface area contributed by atoms with Crippen molar-refractivity contribution in [3.05, 3.63) is 131 Å². The number of rotatable bonds is 7. The van der Waals surface area contributed by atoms with Gasteiger partial charge in [-0.3, -0.25) is 4.98 Å². The number of benzene rings is 3. The first-order valence-electron chi connectivity index (χ1n) is 12.9. The zero-order valence-corrected chi connectivity index (χ0v) is 23.4. The van der Waals surface area contributed by atoms with Gasteiger partial charge in [-0.15, -0.1) is 0 Å². The number of furan rings is 1. The summed E-state index contributed by atoms with van der Waals surface area (Å²) in [6, 6.07) is 28.7. The Hall–Kier alpha value is -4.66. The summed E-state index contributed by atoms with van der Waals surface area (Å²) in [4.78, 5) is 18.1. The predicted octanol–water partition coefficient (Wildman–Crippen LogP) is 7.97. The summed E-state index contributed by atoms with van der Waals surface area (Å²) in [6.07, 6.45) is 1.74. The first-order valence-corrected chi connectivity index (χ1v) is 13.6. The zero-order valence-electron chi connectivity index (χ0n) is 21.8. The Kier molecular flexibility index (Phi) is 7.17. The molecular weight excluding hydrogens is 558 g/mol. The lowest BCUT2D eigenvalue weighted by molar-refractivity contribution is 0.0697. The maximum Gasteiger partial charge on any atom is 0.335 e. The van der Waals surface area contributed by atoms with Gasteiger partial charge in [0, 0.05) is 17.4 Å². The molecule has 1 aliphatic heterocycles. The fourth-order valence-electron chi connectivity index (χ4n) is 4.90. The van der Waals surface area contributed by atoms with Crippen molar-refractivity contribution < 1.29 is 19.1 Å². The Morgan fingerprint density at radius 2 is 1.80 bits per heavy atom. The van der Waals surface area contributed by atoms with Crippen molar-refractivity contribution in [2.24, 2.45) is 0 Å². The Bertz CT molecular complexity index is 1740. The molecule has 3 heterocycles. The molecule has 0 bridgehead atoms. The average molecular weight is 582 g/mol. The minimum absolute atomic E-state index is 0.118. The first kappa shape index (κ1) is 26.6. The SMILES string of the molecule is Cc1ccccc1Oc1ccc(N2C(=S)N[C@@H](c3ccccn3)[C@@H]2c2ccc(-c3cc(C(=O)O)ccc3Cl)o2)cc1. The predicted molar refractivity (Wildman–Crippen MR) is 162 cm³/mol. The number of para-hydroxylation sites is 1. The van der Waals surface area contributed by atoms with E-state index in [9.17, 15) is 9.90 Å². The van der Waals surface area contributed by atoms with Crippen LogP contribution in [0.25, 0.3) is 11.3 Å². The minimum Gasteiger partial charge on any atom is -0.478 e. The molecule has 1 saturated heterocycles.